The lowest BCUT2D eigenvalue weighted by Crippen LogP contribution is -2.38. The summed E-state index contributed by atoms with van der Waals surface area (Å²) in [4.78, 5) is 11.3. The number of rotatable bonds is 6. The molecule has 4 aromatic rings. The van der Waals surface area contributed by atoms with Crippen LogP contribution in [0.2, 0.25) is 5.02 Å². The van der Waals surface area contributed by atoms with E-state index >= 15 is 0 Å². The Kier molecular flexibility index (Phi) is 5.62. The summed E-state index contributed by atoms with van der Waals surface area (Å²) in [6, 6.07) is 7.35. The first-order valence-electron chi connectivity index (χ1n) is 10.4. The maximum Gasteiger partial charge on any atom is 0.195 e. The molecule has 1 aliphatic rings. The van der Waals surface area contributed by atoms with Crippen molar-refractivity contribution in [2.75, 3.05) is 39.1 Å². The van der Waals surface area contributed by atoms with Crippen molar-refractivity contribution in [3.63, 3.8) is 0 Å². The van der Waals surface area contributed by atoms with Gasteiger partial charge < -0.3 is 9.30 Å². The van der Waals surface area contributed by atoms with Gasteiger partial charge in [-0.15, -0.1) is 0 Å². The second-order valence-electron chi connectivity index (χ2n) is 7.89. The van der Waals surface area contributed by atoms with E-state index in [9.17, 15) is 8.42 Å². The van der Waals surface area contributed by atoms with Crippen LogP contribution in [0.15, 0.2) is 41.7 Å². The molecule has 0 saturated carbocycles. The van der Waals surface area contributed by atoms with Gasteiger partial charge in [0.15, 0.2) is 14.9 Å². The number of halogens is 1. The van der Waals surface area contributed by atoms with Crippen molar-refractivity contribution in [2.24, 2.45) is 0 Å². The van der Waals surface area contributed by atoms with Crippen LogP contribution in [0.3, 0.4) is 0 Å². The minimum absolute atomic E-state index is 0.0499. The van der Waals surface area contributed by atoms with Crippen molar-refractivity contribution in [3.05, 3.63) is 47.5 Å². The molecule has 32 heavy (non-hydrogen) atoms. The lowest BCUT2D eigenvalue weighted by molar-refractivity contribution is 0.0364. The van der Waals surface area contributed by atoms with E-state index in [-0.39, 0.29) is 5.03 Å². The molecule has 0 bridgehead atoms. The molecule has 0 unspecified atom stereocenters. The summed E-state index contributed by atoms with van der Waals surface area (Å²) in [7, 11) is -3.49. The van der Waals surface area contributed by atoms with Gasteiger partial charge >= 0.3 is 0 Å². The number of benzene rings is 1. The average molecular weight is 475 g/mol. The third kappa shape index (κ3) is 4.11. The smallest absolute Gasteiger partial charge is 0.195 e. The van der Waals surface area contributed by atoms with Gasteiger partial charge in [-0.05, 0) is 24.3 Å². The first-order chi connectivity index (χ1) is 15.4. The molecular weight excluding hydrogens is 452 g/mol. The quantitative estimate of drug-likeness (QED) is 0.422. The average Bonchev–Trinajstić information content (AvgIpc) is 3.31. The van der Waals surface area contributed by atoms with E-state index in [1.807, 2.05) is 18.2 Å². The molecule has 0 amide bonds. The lowest BCUT2D eigenvalue weighted by atomic mass is 10.3. The number of hydrogen-bond donors (Lipinski definition) is 0. The highest BCUT2D eigenvalue weighted by Crippen LogP contribution is 2.25. The van der Waals surface area contributed by atoms with Crippen molar-refractivity contribution < 1.29 is 13.2 Å². The first kappa shape index (κ1) is 21.3. The minimum Gasteiger partial charge on any atom is -0.379 e. The SMILES string of the molecule is CS(=O)(=O)c1nn(Cc2nc3cc(Cl)ccc3n2CCN2CCOCC2)c2cnccc12. The molecule has 0 aliphatic carbocycles. The second kappa shape index (κ2) is 8.43. The molecule has 3 aromatic heterocycles. The van der Waals surface area contributed by atoms with Gasteiger partial charge in [0.1, 0.15) is 5.82 Å². The summed E-state index contributed by atoms with van der Waals surface area (Å²) in [6.07, 6.45) is 4.37. The van der Waals surface area contributed by atoms with Gasteiger partial charge in [-0.3, -0.25) is 14.6 Å². The number of nitrogens with zero attached hydrogens (tertiary/aromatic N) is 6. The molecule has 1 saturated heterocycles. The Morgan fingerprint density at radius 2 is 1.94 bits per heavy atom. The first-order valence-corrected chi connectivity index (χ1v) is 12.6. The summed E-state index contributed by atoms with van der Waals surface area (Å²) in [5.74, 6) is 0.781. The van der Waals surface area contributed by atoms with Crippen LogP contribution < -0.4 is 0 Å². The van der Waals surface area contributed by atoms with E-state index in [4.69, 9.17) is 21.3 Å². The van der Waals surface area contributed by atoms with Crippen LogP contribution in [0.5, 0.6) is 0 Å². The molecule has 0 radical (unpaired) electrons. The molecule has 168 valence electrons. The minimum atomic E-state index is -3.49. The maximum atomic E-state index is 12.3. The predicted molar refractivity (Wildman–Crippen MR) is 122 cm³/mol. The molecule has 0 N–H and O–H groups in total. The summed E-state index contributed by atoms with van der Waals surface area (Å²) in [6.45, 7) is 5.21. The fourth-order valence-electron chi connectivity index (χ4n) is 4.11. The molecule has 1 aromatic carbocycles. The highest BCUT2D eigenvalue weighted by molar-refractivity contribution is 7.90. The predicted octanol–water partition coefficient (Wildman–Crippen LogP) is 2.22. The Bertz CT molecular complexity index is 1390. The van der Waals surface area contributed by atoms with Crippen LogP contribution in [0.25, 0.3) is 21.9 Å². The third-order valence-corrected chi connectivity index (χ3v) is 6.93. The number of ether oxygens (including phenoxy) is 1. The van der Waals surface area contributed by atoms with Gasteiger partial charge in [0.2, 0.25) is 0 Å². The van der Waals surface area contributed by atoms with Gasteiger partial charge in [-0.2, -0.15) is 5.10 Å². The van der Waals surface area contributed by atoms with Crippen LogP contribution in [0.1, 0.15) is 5.82 Å². The zero-order valence-electron chi connectivity index (χ0n) is 17.6. The summed E-state index contributed by atoms with van der Waals surface area (Å²) < 4.78 is 33.8. The Morgan fingerprint density at radius 1 is 1.12 bits per heavy atom. The van der Waals surface area contributed by atoms with Gasteiger partial charge in [-0.25, -0.2) is 13.4 Å². The van der Waals surface area contributed by atoms with Crippen molar-refractivity contribution in [1.29, 1.82) is 0 Å². The topological polar surface area (TPSA) is 95.1 Å². The molecule has 0 atom stereocenters. The summed E-state index contributed by atoms with van der Waals surface area (Å²) in [5, 5.41) is 5.64. The van der Waals surface area contributed by atoms with E-state index in [0.29, 0.717) is 22.5 Å². The highest BCUT2D eigenvalue weighted by atomic mass is 35.5. The van der Waals surface area contributed by atoms with Crippen LogP contribution in [-0.2, 0) is 27.7 Å². The van der Waals surface area contributed by atoms with Crippen LogP contribution in [0, 0.1) is 0 Å². The number of morpholine rings is 1. The molecule has 9 nitrogen and oxygen atoms in total. The zero-order chi connectivity index (χ0) is 22.3. The van der Waals surface area contributed by atoms with Gasteiger partial charge in [0.25, 0.3) is 0 Å². The number of imidazole rings is 1. The Hall–Kier alpha value is -2.53. The normalized spacial score (nSPS) is 15.7. The highest BCUT2D eigenvalue weighted by Gasteiger charge is 2.21. The summed E-state index contributed by atoms with van der Waals surface area (Å²) in [5.41, 5.74) is 2.43. The fraction of sp³-hybridized carbons (Fsp3) is 0.381. The van der Waals surface area contributed by atoms with Gasteiger partial charge in [0, 0.05) is 49.0 Å². The molecular formula is C21H23ClN6O3S. The largest absolute Gasteiger partial charge is 0.379 e. The molecule has 11 heteroatoms. The van der Waals surface area contributed by atoms with Crippen LogP contribution in [0.4, 0.5) is 0 Å². The van der Waals surface area contributed by atoms with E-state index in [0.717, 1.165) is 56.3 Å². The van der Waals surface area contributed by atoms with E-state index < -0.39 is 9.84 Å². The maximum absolute atomic E-state index is 12.3. The fourth-order valence-corrected chi connectivity index (χ4v) is 5.09. The molecule has 1 aliphatic heterocycles. The lowest BCUT2D eigenvalue weighted by Gasteiger charge is -2.27. The van der Waals surface area contributed by atoms with Crippen molar-refractivity contribution in [3.8, 4) is 0 Å². The second-order valence-corrected chi connectivity index (χ2v) is 10.3. The third-order valence-electron chi connectivity index (χ3n) is 5.70. The Morgan fingerprint density at radius 3 is 2.72 bits per heavy atom. The number of hydrogen-bond acceptors (Lipinski definition) is 7. The molecule has 0 spiro atoms. The standard InChI is InChI=1S/C21H23ClN6O3S/c1-32(29,30)21-16-4-5-23-13-19(16)28(25-21)14-20-24-17-12-15(22)2-3-18(17)27(20)7-6-26-8-10-31-11-9-26/h2-5,12-13H,6-11,14H2,1H3. The Labute approximate surface area is 190 Å². The molecule has 5 rings (SSSR count). The number of pyridine rings is 1. The number of sulfone groups is 1. The van der Waals surface area contributed by atoms with E-state index in [2.05, 4.69) is 19.5 Å². The number of aromatic nitrogens is 5. The van der Waals surface area contributed by atoms with E-state index in [1.54, 1.807) is 23.1 Å². The van der Waals surface area contributed by atoms with Gasteiger partial charge in [-0.1, -0.05) is 11.6 Å². The summed E-state index contributed by atoms with van der Waals surface area (Å²) >= 11 is 6.21. The van der Waals surface area contributed by atoms with Crippen LogP contribution >= 0.6 is 11.6 Å². The van der Waals surface area contributed by atoms with Gasteiger partial charge in [0.05, 0.1) is 42.5 Å². The van der Waals surface area contributed by atoms with Crippen LogP contribution in [-0.4, -0.2) is 76.7 Å². The number of fused-ring (bicyclic) bond motifs is 2. The van der Waals surface area contributed by atoms with Crippen molar-refractivity contribution in [1.82, 2.24) is 29.2 Å². The van der Waals surface area contributed by atoms with Crippen molar-refractivity contribution >= 4 is 43.4 Å². The van der Waals surface area contributed by atoms with Crippen molar-refractivity contribution in [2.45, 2.75) is 18.1 Å². The molecule has 4 heterocycles. The van der Waals surface area contributed by atoms with E-state index in [1.165, 1.54) is 6.26 Å². The molecule has 1 fully saturated rings. The monoisotopic (exact) mass is 474 g/mol. The Balaban J connectivity index is 1.55. The zero-order valence-corrected chi connectivity index (χ0v) is 19.2.